The number of aliphatic carboxylic acids is 1. The second kappa shape index (κ2) is 6.18. The minimum atomic E-state index is -0.834. The normalized spacial score (nSPS) is 12.3. The van der Waals surface area contributed by atoms with E-state index in [0.29, 0.717) is 17.5 Å². The molecule has 0 radical (unpaired) electrons. The van der Waals surface area contributed by atoms with Gasteiger partial charge in [0.25, 0.3) is 0 Å². The Morgan fingerprint density at radius 1 is 1.50 bits per heavy atom. The number of aromatic nitrogens is 2. The zero-order valence-electron chi connectivity index (χ0n) is 11.1. The van der Waals surface area contributed by atoms with Crippen LogP contribution in [0.1, 0.15) is 26.1 Å². The van der Waals surface area contributed by atoms with Crippen molar-refractivity contribution in [3.05, 3.63) is 11.9 Å². The van der Waals surface area contributed by atoms with Gasteiger partial charge in [-0.05, 0) is 12.8 Å². The van der Waals surface area contributed by atoms with E-state index in [4.69, 9.17) is 9.84 Å². The lowest BCUT2D eigenvalue weighted by atomic mass is 10.0. The first kappa shape index (κ1) is 14.2. The molecule has 1 unspecified atom stereocenters. The number of aryl methyl sites for hydroxylation is 1. The molecule has 0 saturated heterocycles. The molecule has 0 aromatic carbocycles. The molecule has 0 fully saturated rings. The van der Waals surface area contributed by atoms with E-state index in [1.54, 1.807) is 13.0 Å². The molecule has 18 heavy (non-hydrogen) atoms. The van der Waals surface area contributed by atoms with Gasteiger partial charge >= 0.3 is 5.97 Å². The predicted octanol–water partition coefficient (Wildman–Crippen LogP) is 1.70. The molecule has 0 saturated carbocycles. The van der Waals surface area contributed by atoms with E-state index in [2.05, 4.69) is 15.3 Å². The van der Waals surface area contributed by atoms with Gasteiger partial charge in [-0.2, -0.15) is 4.98 Å². The highest BCUT2D eigenvalue weighted by Crippen LogP contribution is 2.17. The third kappa shape index (κ3) is 4.20. The Morgan fingerprint density at radius 3 is 2.67 bits per heavy atom. The zero-order chi connectivity index (χ0) is 13.7. The summed E-state index contributed by atoms with van der Waals surface area (Å²) in [5.41, 5.74) is 0. The van der Waals surface area contributed by atoms with Gasteiger partial charge < -0.3 is 15.2 Å². The zero-order valence-corrected chi connectivity index (χ0v) is 11.1. The molecule has 6 heteroatoms. The molecule has 0 aliphatic rings. The second-order valence-corrected chi connectivity index (χ2v) is 4.44. The van der Waals surface area contributed by atoms with Crippen molar-refractivity contribution in [3.8, 4) is 5.88 Å². The summed E-state index contributed by atoms with van der Waals surface area (Å²) in [6, 6.07) is 1.48. The Labute approximate surface area is 106 Å². The summed E-state index contributed by atoms with van der Waals surface area (Å²) in [6.45, 7) is 5.69. The van der Waals surface area contributed by atoms with Crippen LogP contribution in [0.2, 0.25) is 0 Å². The molecule has 1 atom stereocenters. The lowest BCUT2D eigenvalue weighted by Gasteiger charge is -2.21. The van der Waals surface area contributed by atoms with E-state index in [1.165, 1.54) is 7.11 Å². The highest BCUT2D eigenvalue weighted by molar-refractivity contribution is 5.68. The Bertz CT molecular complexity index is 421. The van der Waals surface area contributed by atoms with E-state index in [0.717, 1.165) is 0 Å². The maximum atomic E-state index is 10.8. The van der Waals surface area contributed by atoms with Crippen LogP contribution in [0.5, 0.6) is 5.88 Å². The summed E-state index contributed by atoms with van der Waals surface area (Å²) in [5, 5.41) is 12.0. The van der Waals surface area contributed by atoms with Crippen LogP contribution < -0.4 is 10.1 Å². The Balaban J connectivity index is 2.86. The number of carboxylic acid groups (broad SMARTS) is 1. The largest absolute Gasteiger partial charge is 0.481 e. The molecular weight excluding hydrogens is 234 g/mol. The highest BCUT2D eigenvalue weighted by atomic mass is 16.5. The average Bonchev–Trinajstić information content (AvgIpc) is 2.26. The molecule has 1 aromatic heterocycles. The van der Waals surface area contributed by atoms with Crippen molar-refractivity contribution in [1.82, 2.24) is 9.97 Å². The molecule has 6 nitrogen and oxygen atoms in total. The van der Waals surface area contributed by atoms with Crippen molar-refractivity contribution >= 4 is 11.8 Å². The predicted molar refractivity (Wildman–Crippen MR) is 67.8 cm³/mol. The highest BCUT2D eigenvalue weighted by Gasteiger charge is 2.18. The lowest BCUT2D eigenvalue weighted by molar-refractivity contribution is -0.137. The number of hydrogen-bond donors (Lipinski definition) is 2. The molecular formula is C12H19N3O3. The first-order valence-electron chi connectivity index (χ1n) is 5.80. The minimum Gasteiger partial charge on any atom is -0.481 e. The van der Waals surface area contributed by atoms with Gasteiger partial charge in [0.05, 0.1) is 13.5 Å². The fourth-order valence-electron chi connectivity index (χ4n) is 1.55. The van der Waals surface area contributed by atoms with Gasteiger partial charge in [-0.3, -0.25) is 4.79 Å². The molecule has 0 amide bonds. The topological polar surface area (TPSA) is 84.3 Å². The molecule has 0 aliphatic heterocycles. The van der Waals surface area contributed by atoms with E-state index < -0.39 is 5.97 Å². The van der Waals surface area contributed by atoms with E-state index in [9.17, 15) is 4.79 Å². The second-order valence-electron chi connectivity index (χ2n) is 4.44. The summed E-state index contributed by atoms with van der Waals surface area (Å²) >= 11 is 0. The van der Waals surface area contributed by atoms with E-state index in [1.807, 2.05) is 13.8 Å². The molecule has 0 spiro atoms. The summed E-state index contributed by atoms with van der Waals surface area (Å²) in [5.74, 6) is 0.970. The van der Waals surface area contributed by atoms with Crippen LogP contribution in [-0.2, 0) is 4.79 Å². The number of hydrogen-bond acceptors (Lipinski definition) is 5. The van der Waals surface area contributed by atoms with Crippen molar-refractivity contribution in [2.45, 2.75) is 33.2 Å². The number of rotatable bonds is 6. The van der Waals surface area contributed by atoms with Crippen molar-refractivity contribution < 1.29 is 14.6 Å². The maximum absolute atomic E-state index is 10.8. The van der Waals surface area contributed by atoms with Crippen molar-refractivity contribution in [2.75, 3.05) is 12.4 Å². The molecule has 2 N–H and O–H groups in total. The van der Waals surface area contributed by atoms with Crippen LogP contribution in [0.15, 0.2) is 6.07 Å². The molecule has 0 aliphatic carbocycles. The third-order valence-corrected chi connectivity index (χ3v) is 2.56. The van der Waals surface area contributed by atoms with Gasteiger partial charge in [0.15, 0.2) is 0 Å². The SMILES string of the molecule is COc1cc(NC(CC(=O)O)C(C)C)nc(C)n1. The summed E-state index contributed by atoms with van der Waals surface area (Å²) < 4.78 is 5.05. The van der Waals surface area contributed by atoms with Gasteiger partial charge in [-0.15, -0.1) is 0 Å². The summed E-state index contributed by atoms with van der Waals surface area (Å²) in [7, 11) is 1.53. The van der Waals surface area contributed by atoms with Crippen LogP contribution >= 0.6 is 0 Å². The van der Waals surface area contributed by atoms with E-state index >= 15 is 0 Å². The number of ether oxygens (including phenoxy) is 1. The van der Waals surface area contributed by atoms with Crippen LogP contribution in [0, 0.1) is 12.8 Å². The van der Waals surface area contributed by atoms with Gasteiger partial charge in [0.1, 0.15) is 11.6 Å². The van der Waals surface area contributed by atoms with Crippen LogP contribution in [0.3, 0.4) is 0 Å². The molecule has 1 heterocycles. The number of nitrogens with zero attached hydrogens (tertiary/aromatic N) is 2. The standard InChI is InChI=1S/C12H19N3O3/c1-7(2)9(5-12(16)17)15-10-6-11(18-4)14-8(3)13-10/h6-7,9H,5H2,1-4H3,(H,16,17)(H,13,14,15). The van der Waals surface area contributed by atoms with Gasteiger partial charge in [0, 0.05) is 12.1 Å². The number of carbonyl (C=O) groups is 1. The minimum absolute atomic E-state index is 0.0447. The fourth-order valence-corrected chi connectivity index (χ4v) is 1.55. The Hall–Kier alpha value is -1.85. The molecule has 0 bridgehead atoms. The Morgan fingerprint density at radius 2 is 2.17 bits per heavy atom. The van der Waals surface area contributed by atoms with Gasteiger partial charge in [-0.1, -0.05) is 13.8 Å². The average molecular weight is 253 g/mol. The van der Waals surface area contributed by atoms with Crippen molar-refractivity contribution in [3.63, 3.8) is 0 Å². The third-order valence-electron chi connectivity index (χ3n) is 2.56. The Kier molecular flexibility index (Phi) is 4.88. The molecule has 1 aromatic rings. The maximum Gasteiger partial charge on any atom is 0.305 e. The molecule has 100 valence electrons. The smallest absolute Gasteiger partial charge is 0.305 e. The fraction of sp³-hybridized carbons (Fsp3) is 0.583. The first-order valence-corrected chi connectivity index (χ1v) is 5.80. The monoisotopic (exact) mass is 253 g/mol. The number of anilines is 1. The van der Waals surface area contributed by atoms with Gasteiger partial charge in [-0.25, -0.2) is 4.98 Å². The number of carboxylic acids is 1. The van der Waals surface area contributed by atoms with Crippen molar-refractivity contribution in [1.29, 1.82) is 0 Å². The van der Waals surface area contributed by atoms with E-state index in [-0.39, 0.29) is 18.4 Å². The van der Waals surface area contributed by atoms with Crippen molar-refractivity contribution in [2.24, 2.45) is 5.92 Å². The number of methoxy groups -OCH3 is 1. The van der Waals surface area contributed by atoms with Crippen LogP contribution in [0.4, 0.5) is 5.82 Å². The number of nitrogens with one attached hydrogen (secondary N) is 1. The summed E-state index contributed by atoms with van der Waals surface area (Å²) in [6.07, 6.45) is 0.0447. The quantitative estimate of drug-likeness (QED) is 0.802. The summed E-state index contributed by atoms with van der Waals surface area (Å²) in [4.78, 5) is 19.1. The first-order chi connectivity index (χ1) is 8.42. The van der Waals surface area contributed by atoms with Gasteiger partial charge in [0.2, 0.25) is 5.88 Å². The molecule has 1 rings (SSSR count). The van der Waals surface area contributed by atoms with Crippen LogP contribution in [-0.4, -0.2) is 34.2 Å². The lowest BCUT2D eigenvalue weighted by Crippen LogP contribution is -2.29. The van der Waals surface area contributed by atoms with Crippen LogP contribution in [0.25, 0.3) is 0 Å².